The van der Waals surface area contributed by atoms with E-state index in [2.05, 4.69) is 36.4 Å². The lowest BCUT2D eigenvalue weighted by molar-refractivity contribution is -0.141. The summed E-state index contributed by atoms with van der Waals surface area (Å²) in [4.78, 5) is 23.2. The van der Waals surface area contributed by atoms with E-state index in [9.17, 15) is 9.59 Å². The first-order valence-corrected chi connectivity index (χ1v) is 7.68. The van der Waals surface area contributed by atoms with Gasteiger partial charge in [-0.05, 0) is 47.8 Å². The van der Waals surface area contributed by atoms with E-state index in [0.29, 0.717) is 16.1 Å². The van der Waals surface area contributed by atoms with E-state index in [1.54, 1.807) is 6.20 Å². The Bertz CT molecular complexity index is 555. The molecule has 1 aliphatic heterocycles. The lowest BCUT2D eigenvalue weighted by Gasteiger charge is -2.12. The predicted molar refractivity (Wildman–Crippen MR) is 82.3 cm³/mol. The van der Waals surface area contributed by atoms with Crippen molar-refractivity contribution in [1.29, 1.82) is 0 Å². The lowest BCUT2D eigenvalue weighted by atomic mass is 10.1. The van der Waals surface area contributed by atoms with Crippen molar-refractivity contribution in [2.45, 2.75) is 19.4 Å². The van der Waals surface area contributed by atoms with Crippen LogP contribution in [0.4, 0.5) is 5.69 Å². The number of hydrogen-bond donors (Lipinski definition) is 2. The fourth-order valence-corrected chi connectivity index (χ4v) is 2.71. The molecule has 1 aromatic rings. The fraction of sp³-hybridized carbons (Fsp3) is 0.615. The number of methoxy groups -OCH3 is 1. The maximum absolute atomic E-state index is 12.1. The highest BCUT2D eigenvalue weighted by atomic mass is 79.9. The molecule has 0 aliphatic carbocycles. The van der Waals surface area contributed by atoms with Gasteiger partial charge in [0.15, 0.2) is 0 Å². The van der Waals surface area contributed by atoms with Crippen molar-refractivity contribution in [1.82, 2.24) is 15.1 Å². The number of nitrogens with zero attached hydrogens (tertiary/aromatic N) is 2. The lowest BCUT2D eigenvalue weighted by Crippen LogP contribution is -2.28. The average molecular weight is 359 g/mol. The summed E-state index contributed by atoms with van der Waals surface area (Å²) >= 11 is 3.26. The minimum atomic E-state index is -0.508. The first kappa shape index (κ1) is 16.0. The van der Waals surface area contributed by atoms with E-state index in [1.807, 2.05) is 0 Å². The molecule has 1 saturated heterocycles. The summed E-state index contributed by atoms with van der Waals surface area (Å²) in [6.07, 6.45) is 3.79. The Hall–Kier alpha value is -1.41. The van der Waals surface area contributed by atoms with Gasteiger partial charge < -0.3 is 15.4 Å². The maximum Gasteiger partial charge on any atom is 0.327 e. The molecule has 0 radical (unpaired) electrons. The molecule has 2 N–H and O–H groups in total. The van der Waals surface area contributed by atoms with Crippen LogP contribution in [0.1, 0.15) is 12.8 Å². The van der Waals surface area contributed by atoms with Crippen LogP contribution in [-0.4, -0.2) is 42.5 Å². The molecule has 0 aromatic carbocycles. The van der Waals surface area contributed by atoms with Crippen LogP contribution in [0.5, 0.6) is 0 Å². The number of esters is 1. The number of aromatic nitrogens is 2. The molecule has 2 rings (SSSR count). The average Bonchev–Trinajstić information content (AvgIpc) is 2.99. The highest BCUT2D eigenvalue weighted by Gasteiger charge is 2.15. The standard InChI is InChI=1S/C13H19BrN4O3/c1-21-11(19)8-18-13(20)12(14)10(7-17-18)16-5-3-9-2-4-15-6-9/h7,9,15-16H,2-6,8H2,1H3. The summed E-state index contributed by atoms with van der Waals surface area (Å²) in [6.45, 7) is 2.73. The predicted octanol–water partition coefficient (Wildman–Crippen LogP) is 0.590. The van der Waals surface area contributed by atoms with Crippen LogP contribution in [-0.2, 0) is 16.1 Å². The third-order valence-electron chi connectivity index (χ3n) is 3.52. The zero-order chi connectivity index (χ0) is 15.2. The fourth-order valence-electron chi connectivity index (χ4n) is 2.26. The largest absolute Gasteiger partial charge is 0.468 e. The minimum Gasteiger partial charge on any atom is -0.468 e. The van der Waals surface area contributed by atoms with Crippen LogP contribution in [0.3, 0.4) is 0 Å². The highest BCUT2D eigenvalue weighted by Crippen LogP contribution is 2.17. The van der Waals surface area contributed by atoms with Gasteiger partial charge in [0, 0.05) is 6.54 Å². The van der Waals surface area contributed by atoms with Gasteiger partial charge in [-0.2, -0.15) is 5.10 Å². The number of rotatable bonds is 6. The Morgan fingerprint density at radius 1 is 1.67 bits per heavy atom. The van der Waals surface area contributed by atoms with E-state index in [1.165, 1.54) is 13.5 Å². The molecule has 0 amide bonds. The summed E-state index contributed by atoms with van der Waals surface area (Å²) in [5.41, 5.74) is 0.292. The van der Waals surface area contributed by atoms with E-state index in [-0.39, 0.29) is 12.1 Å². The second kappa shape index (κ2) is 7.56. The molecular weight excluding hydrogens is 340 g/mol. The van der Waals surface area contributed by atoms with Crippen molar-refractivity contribution < 1.29 is 9.53 Å². The maximum atomic E-state index is 12.1. The van der Waals surface area contributed by atoms with E-state index >= 15 is 0 Å². The Kier molecular flexibility index (Phi) is 5.75. The molecule has 0 bridgehead atoms. The smallest absolute Gasteiger partial charge is 0.327 e. The Balaban J connectivity index is 1.95. The van der Waals surface area contributed by atoms with Crippen molar-refractivity contribution >= 4 is 27.6 Å². The quantitative estimate of drug-likeness (QED) is 0.724. The van der Waals surface area contributed by atoms with Gasteiger partial charge in [0.1, 0.15) is 11.0 Å². The normalized spacial score (nSPS) is 17.7. The Morgan fingerprint density at radius 2 is 2.48 bits per heavy atom. The number of carbonyl (C=O) groups is 1. The summed E-state index contributed by atoms with van der Waals surface area (Å²) < 4.78 is 5.98. The van der Waals surface area contributed by atoms with Crippen LogP contribution in [0.25, 0.3) is 0 Å². The van der Waals surface area contributed by atoms with Crippen LogP contribution in [0, 0.1) is 5.92 Å². The molecular formula is C13H19BrN4O3. The third-order valence-corrected chi connectivity index (χ3v) is 4.29. The molecule has 0 saturated carbocycles. The zero-order valence-corrected chi connectivity index (χ0v) is 13.5. The van der Waals surface area contributed by atoms with Gasteiger partial charge in [-0.25, -0.2) is 4.68 Å². The second-order valence-electron chi connectivity index (χ2n) is 4.99. The van der Waals surface area contributed by atoms with Crippen LogP contribution >= 0.6 is 15.9 Å². The van der Waals surface area contributed by atoms with Gasteiger partial charge >= 0.3 is 5.97 Å². The molecule has 1 aliphatic rings. The van der Waals surface area contributed by atoms with Crippen LogP contribution in [0.15, 0.2) is 15.5 Å². The van der Waals surface area contributed by atoms with Crippen molar-refractivity contribution in [3.05, 3.63) is 21.0 Å². The third kappa shape index (κ3) is 4.28. The molecule has 1 aromatic heterocycles. The summed E-state index contributed by atoms with van der Waals surface area (Å²) in [5, 5.41) is 10.5. The number of halogens is 1. The second-order valence-corrected chi connectivity index (χ2v) is 5.78. The molecule has 7 nitrogen and oxygen atoms in total. The summed E-state index contributed by atoms with van der Waals surface area (Å²) in [5.74, 6) is 0.176. The van der Waals surface area contributed by atoms with E-state index in [0.717, 1.165) is 30.7 Å². The van der Waals surface area contributed by atoms with Gasteiger partial charge in [-0.3, -0.25) is 9.59 Å². The molecule has 2 heterocycles. The van der Waals surface area contributed by atoms with E-state index < -0.39 is 5.97 Å². The Morgan fingerprint density at radius 3 is 3.14 bits per heavy atom. The number of carbonyl (C=O) groups excluding carboxylic acids is 1. The number of hydrogen-bond acceptors (Lipinski definition) is 6. The summed E-state index contributed by atoms with van der Waals surface area (Å²) in [6, 6.07) is 0. The van der Waals surface area contributed by atoms with Gasteiger partial charge in [0.2, 0.25) is 0 Å². The number of nitrogens with one attached hydrogen (secondary N) is 2. The molecule has 1 atom stereocenters. The molecule has 1 unspecified atom stereocenters. The van der Waals surface area contributed by atoms with Crippen molar-refractivity contribution in [3.8, 4) is 0 Å². The Labute approximate surface area is 131 Å². The van der Waals surface area contributed by atoms with Crippen molar-refractivity contribution in [2.75, 3.05) is 32.1 Å². The molecule has 8 heteroatoms. The number of ether oxygens (including phenoxy) is 1. The number of anilines is 1. The topological polar surface area (TPSA) is 85.2 Å². The molecule has 0 spiro atoms. The molecule has 1 fully saturated rings. The minimum absolute atomic E-state index is 0.193. The van der Waals surface area contributed by atoms with Crippen molar-refractivity contribution in [2.24, 2.45) is 5.92 Å². The van der Waals surface area contributed by atoms with Gasteiger partial charge in [-0.15, -0.1) is 0 Å². The van der Waals surface area contributed by atoms with Gasteiger partial charge in [0.25, 0.3) is 5.56 Å². The first-order chi connectivity index (χ1) is 10.1. The van der Waals surface area contributed by atoms with Gasteiger partial charge in [0.05, 0.1) is 19.0 Å². The van der Waals surface area contributed by atoms with Gasteiger partial charge in [-0.1, -0.05) is 0 Å². The molecule has 116 valence electrons. The van der Waals surface area contributed by atoms with E-state index in [4.69, 9.17) is 0 Å². The van der Waals surface area contributed by atoms with Crippen LogP contribution < -0.4 is 16.2 Å². The monoisotopic (exact) mass is 358 g/mol. The van der Waals surface area contributed by atoms with Crippen LogP contribution in [0.2, 0.25) is 0 Å². The first-order valence-electron chi connectivity index (χ1n) is 6.89. The highest BCUT2D eigenvalue weighted by molar-refractivity contribution is 9.10. The zero-order valence-electron chi connectivity index (χ0n) is 11.9. The van der Waals surface area contributed by atoms with Crippen molar-refractivity contribution in [3.63, 3.8) is 0 Å². The SMILES string of the molecule is COC(=O)Cn1ncc(NCCC2CCNC2)c(Br)c1=O. The summed E-state index contributed by atoms with van der Waals surface area (Å²) in [7, 11) is 1.27. The molecule has 21 heavy (non-hydrogen) atoms.